The molecule has 1 unspecified atom stereocenters. The first kappa shape index (κ1) is 11.6. The van der Waals surface area contributed by atoms with Gasteiger partial charge >= 0.3 is 0 Å². The number of carbonyl (C=O) groups is 1. The maximum atomic E-state index is 11.7. The smallest absolute Gasteiger partial charge is 0.224 e. The van der Waals surface area contributed by atoms with Crippen LogP contribution in [0.5, 0.6) is 0 Å². The molecule has 4 heteroatoms. The van der Waals surface area contributed by atoms with Crippen molar-refractivity contribution in [1.82, 2.24) is 9.88 Å². The van der Waals surface area contributed by atoms with E-state index in [1.807, 2.05) is 11.1 Å². The van der Waals surface area contributed by atoms with Gasteiger partial charge in [-0.25, -0.2) is 0 Å². The highest BCUT2D eigenvalue weighted by Crippen LogP contribution is 2.20. The minimum Gasteiger partial charge on any atom is -0.361 e. The molecule has 1 saturated heterocycles. The van der Waals surface area contributed by atoms with Gasteiger partial charge in [-0.1, -0.05) is 18.2 Å². The number of hydrogen-bond donors (Lipinski definition) is 1. The summed E-state index contributed by atoms with van der Waals surface area (Å²) in [4.78, 5) is 16.8. The number of hydrogen-bond acceptors (Lipinski definition) is 1. The molecule has 2 aromatic rings. The summed E-state index contributed by atoms with van der Waals surface area (Å²) < 4.78 is 0. The minimum absolute atomic E-state index is 0.0150. The number of rotatable bonds is 3. The first-order valence-corrected chi connectivity index (χ1v) is 6.64. The molecule has 1 aromatic heterocycles. The number of amides is 1. The third-order valence-electron chi connectivity index (χ3n) is 3.49. The van der Waals surface area contributed by atoms with Crippen molar-refractivity contribution >= 4 is 28.4 Å². The van der Waals surface area contributed by atoms with Crippen LogP contribution in [0.4, 0.5) is 0 Å². The van der Waals surface area contributed by atoms with Gasteiger partial charge in [-0.2, -0.15) is 0 Å². The Kier molecular flexibility index (Phi) is 3.00. The number of benzene rings is 1. The number of aromatic amines is 1. The molecule has 1 N–H and O–H groups in total. The van der Waals surface area contributed by atoms with Crippen LogP contribution in [0.1, 0.15) is 12.0 Å². The maximum Gasteiger partial charge on any atom is 0.224 e. The molecule has 0 bridgehead atoms. The summed E-state index contributed by atoms with van der Waals surface area (Å²) in [6.45, 7) is 1.43. The van der Waals surface area contributed by atoms with Gasteiger partial charge in [0.1, 0.15) is 0 Å². The summed E-state index contributed by atoms with van der Waals surface area (Å²) in [7, 11) is 0. The predicted octanol–water partition coefficient (Wildman–Crippen LogP) is 2.55. The van der Waals surface area contributed by atoms with E-state index in [0.29, 0.717) is 13.0 Å². The number of nitrogens with zero attached hydrogens (tertiary/aromatic N) is 1. The molecule has 18 heavy (non-hydrogen) atoms. The van der Waals surface area contributed by atoms with Gasteiger partial charge in [0.25, 0.3) is 0 Å². The quantitative estimate of drug-likeness (QED) is 0.848. The Hall–Kier alpha value is -1.48. The molecule has 1 aliphatic rings. The van der Waals surface area contributed by atoms with Crippen molar-refractivity contribution < 1.29 is 4.79 Å². The zero-order chi connectivity index (χ0) is 12.5. The molecule has 0 aliphatic carbocycles. The molecule has 1 atom stereocenters. The normalized spacial score (nSPS) is 19.9. The number of alkyl halides is 1. The number of para-hydroxylation sites is 1. The second-order valence-electron chi connectivity index (χ2n) is 4.75. The van der Waals surface area contributed by atoms with Crippen molar-refractivity contribution in [2.75, 3.05) is 13.1 Å². The number of H-pyrrole nitrogens is 1. The van der Waals surface area contributed by atoms with Crippen LogP contribution in [0.25, 0.3) is 10.9 Å². The van der Waals surface area contributed by atoms with Crippen molar-refractivity contribution in [3.63, 3.8) is 0 Å². The second kappa shape index (κ2) is 4.65. The highest BCUT2D eigenvalue weighted by atomic mass is 35.5. The summed E-state index contributed by atoms with van der Waals surface area (Å²) in [5, 5.41) is 1.20. The zero-order valence-electron chi connectivity index (χ0n) is 10.0. The van der Waals surface area contributed by atoms with Gasteiger partial charge < -0.3 is 9.88 Å². The van der Waals surface area contributed by atoms with Gasteiger partial charge in [-0.3, -0.25) is 4.79 Å². The average Bonchev–Trinajstić information content (AvgIpc) is 2.93. The Morgan fingerprint density at radius 2 is 2.28 bits per heavy atom. The molecule has 1 fully saturated rings. The van der Waals surface area contributed by atoms with Gasteiger partial charge in [0.05, 0.1) is 5.38 Å². The lowest BCUT2D eigenvalue weighted by molar-refractivity contribution is -0.127. The zero-order valence-corrected chi connectivity index (χ0v) is 10.8. The fourth-order valence-corrected chi connectivity index (χ4v) is 2.85. The first-order valence-electron chi connectivity index (χ1n) is 6.21. The SMILES string of the molecule is O=C1CC(Cl)CN1CCc1cccc2cc[nH]c12. The van der Waals surface area contributed by atoms with Crippen molar-refractivity contribution in [2.45, 2.75) is 18.2 Å². The molecule has 94 valence electrons. The van der Waals surface area contributed by atoms with Gasteiger partial charge in [-0.15, -0.1) is 11.6 Å². The van der Waals surface area contributed by atoms with E-state index >= 15 is 0 Å². The summed E-state index contributed by atoms with van der Waals surface area (Å²) in [5.41, 5.74) is 2.43. The van der Waals surface area contributed by atoms with Crippen LogP contribution in [0.3, 0.4) is 0 Å². The number of fused-ring (bicyclic) bond motifs is 1. The van der Waals surface area contributed by atoms with Gasteiger partial charge in [0, 0.05) is 31.2 Å². The van der Waals surface area contributed by atoms with E-state index in [-0.39, 0.29) is 11.3 Å². The summed E-state index contributed by atoms with van der Waals surface area (Å²) in [6, 6.07) is 8.32. The van der Waals surface area contributed by atoms with Crippen molar-refractivity contribution in [1.29, 1.82) is 0 Å². The minimum atomic E-state index is -0.0150. The number of aromatic nitrogens is 1. The second-order valence-corrected chi connectivity index (χ2v) is 5.37. The topological polar surface area (TPSA) is 36.1 Å². The molecule has 1 amide bonds. The number of nitrogens with one attached hydrogen (secondary N) is 1. The fourth-order valence-electron chi connectivity index (χ4n) is 2.55. The Bertz CT molecular complexity index is 578. The maximum absolute atomic E-state index is 11.7. The average molecular weight is 263 g/mol. The lowest BCUT2D eigenvalue weighted by Crippen LogP contribution is -2.27. The predicted molar refractivity (Wildman–Crippen MR) is 72.8 cm³/mol. The summed E-state index contributed by atoms with van der Waals surface area (Å²) in [5.74, 6) is 0.175. The third kappa shape index (κ3) is 2.10. The molecular formula is C14H15ClN2O. The number of likely N-dealkylation sites (tertiary alicyclic amines) is 1. The molecule has 3 rings (SSSR count). The van der Waals surface area contributed by atoms with Crippen LogP contribution in [0, 0.1) is 0 Å². The van der Waals surface area contributed by atoms with Crippen molar-refractivity contribution in [3.8, 4) is 0 Å². The standard InChI is InChI=1S/C14H15ClN2O/c15-12-8-13(18)17(9-12)7-5-11-3-1-2-10-4-6-16-14(10)11/h1-4,6,12,16H,5,7-9H2. The molecule has 1 aromatic carbocycles. The highest BCUT2D eigenvalue weighted by Gasteiger charge is 2.27. The van der Waals surface area contributed by atoms with Crippen molar-refractivity contribution in [3.05, 3.63) is 36.0 Å². The molecule has 0 saturated carbocycles. The Morgan fingerprint density at radius 3 is 3.06 bits per heavy atom. The Labute approximate surface area is 111 Å². The van der Waals surface area contributed by atoms with Crippen LogP contribution in [-0.2, 0) is 11.2 Å². The van der Waals surface area contributed by atoms with Crippen LogP contribution >= 0.6 is 11.6 Å². The van der Waals surface area contributed by atoms with Gasteiger partial charge in [0.15, 0.2) is 0 Å². The van der Waals surface area contributed by atoms with E-state index in [1.165, 1.54) is 16.5 Å². The lowest BCUT2D eigenvalue weighted by atomic mass is 10.1. The van der Waals surface area contributed by atoms with E-state index in [1.54, 1.807) is 0 Å². The molecular weight excluding hydrogens is 248 g/mol. The summed E-state index contributed by atoms with van der Waals surface area (Å²) >= 11 is 5.99. The molecule has 1 aliphatic heterocycles. The van der Waals surface area contributed by atoms with E-state index in [9.17, 15) is 4.79 Å². The monoisotopic (exact) mass is 262 g/mol. The number of halogens is 1. The molecule has 0 spiro atoms. The highest BCUT2D eigenvalue weighted by molar-refractivity contribution is 6.22. The molecule has 3 nitrogen and oxygen atoms in total. The third-order valence-corrected chi connectivity index (χ3v) is 3.78. The number of carbonyl (C=O) groups excluding carboxylic acids is 1. The van der Waals surface area contributed by atoms with Crippen molar-refractivity contribution in [2.24, 2.45) is 0 Å². The van der Waals surface area contributed by atoms with Gasteiger partial charge in [-0.05, 0) is 23.4 Å². The van der Waals surface area contributed by atoms with E-state index in [4.69, 9.17) is 11.6 Å². The van der Waals surface area contributed by atoms with Gasteiger partial charge in [0.2, 0.25) is 5.91 Å². The van der Waals surface area contributed by atoms with E-state index < -0.39 is 0 Å². The van der Waals surface area contributed by atoms with Crippen LogP contribution in [0.2, 0.25) is 0 Å². The largest absolute Gasteiger partial charge is 0.361 e. The van der Waals surface area contributed by atoms with Crippen LogP contribution in [0.15, 0.2) is 30.5 Å². The lowest BCUT2D eigenvalue weighted by Gasteiger charge is -2.15. The summed E-state index contributed by atoms with van der Waals surface area (Å²) in [6.07, 6.45) is 3.30. The molecule has 2 heterocycles. The fraction of sp³-hybridized carbons (Fsp3) is 0.357. The van der Waals surface area contributed by atoms with Crippen LogP contribution in [-0.4, -0.2) is 34.3 Å². The van der Waals surface area contributed by atoms with Crippen LogP contribution < -0.4 is 0 Å². The Balaban J connectivity index is 1.73. The Morgan fingerprint density at radius 1 is 1.39 bits per heavy atom. The van der Waals surface area contributed by atoms with E-state index in [0.717, 1.165) is 13.0 Å². The first-order chi connectivity index (χ1) is 8.74. The van der Waals surface area contributed by atoms with E-state index in [2.05, 4.69) is 29.2 Å². The molecule has 0 radical (unpaired) electrons.